The summed E-state index contributed by atoms with van der Waals surface area (Å²) in [7, 11) is 0. The molecule has 0 heterocycles. The van der Waals surface area contributed by atoms with Gasteiger partial charge in [-0.2, -0.15) is 0 Å². The van der Waals surface area contributed by atoms with Gasteiger partial charge in [0.25, 0.3) is 5.91 Å². The molecule has 2 aliphatic rings. The molecule has 33 heavy (non-hydrogen) atoms. The molecule has 5 nitrogen and oxygen atoms in total. The van der Waals surface area contributed by atoms with Gasteiger partial charge in [-0.3, -0.25) is 9.59 Å². The standard InChI is InChI=1S/C28H45N3O2/c1-27(2,3)20-7-11-23(12-8-20)31(24-13-9-21(10-14-24)28(4,5)6)26(33)19-15-18(25(30)32)16-22(29)17-19/h15-17,20-21,23-24H,7-14,29H2,1-6H3,(H2,30,32). The molecule has 3 rings (SSSR count). The van der Waals surface area contributed by atoms with Gasteiger partial charge in [0.1, 0.15) is 0 Å². The van der Waals surface area contributed by atoms with Gasteiger partial charge in [0.2, 0.25) is 5.91 Å². The third kappa shape index (κ3) is 6.10. The van der Waals surface area contributed by atoms with E-state index in [2.05, 4.69) is 46.4 Å². The van der Waals surface area contributed by atoms with Crippen LogP contribution in [0.3, 0.4) is 0 Å². The highest BCUT2D eigenvalue weighted by atomic mass is 16.2. The third-order valence-electron chi connectivity index (χ3n) is 8.35. The van der Waals surface area contributed by atoms with Crippen LogP contribution in [0.4, 0.5) is 5.69 Å². The van der Waals surface area contributed by atoms with Crippen LogP contribution in [0.2, 0.25) is 0 Å². The van der Waals surface area contributed by atoms with Crippen LogP contribution in [-0.2, 0) is 0 Å². The van der Waals surface area contributed by atoms with Crippen LogP contribution in [0.5, 0.6) is 0 Å². The highest BCUT2D eigenvalue weighted by Gasteiger charge is 2.39. The van der Waals surface area contributed by atoms with Gasteiger partial charge in [-0.15, -0.1) is 0 Å². The molecule has 2 amide bonds. The van der Waals surface area contributed by atoms with E-state index in [4.69, 9.17) is 11.5 Å². The quantitative estimate of drug-likeness (QED) is 0.544. The van der Waals surface area contributed by atoms with Crippen molar-refractivity contribution in [3.63, 3.8) is 0 Å². The number of anilines is 1. The number of carbonyl (C=O) groups excluding carboxylic acids is 2. The predicted molar refractivity (Wildman–Crippen MR) is 136 cm³/mol. The second-order valence-corrected chi connectivity index (χ2v) is 12.7. The molecule has 0 spiro atoms. The lowest BCUT2D eigenvalue weighted by Crippen LogP contribution is -2.50. The van der Waals surface area contributed by atoms with Gasteiger partial charge in [0.15, 0.2) is 0 Å². The smallest absolute Gasteiger partial charge is 0.254 e. The molecule has 0 bridgehead atoms. The Kier molecular flexibility index (Phi) is 7.50. The van der Waals surface area contributed by atoms with Crippen molar-refractivity contribution in [1.29, 1.82) is 0 Å². The molecule has 2 aliphatic carbocycles. The van der Waals surface area contributed by atoms with Crippen LogP contribution in [0.25, 0.3) is 0 Å². The first-order chi connectivity index (χ1) is 15.3. The number of nitrogens with two attached hydrogens (primary N) is 2. The topological polar surface area (TPSA) is 89.4 Å². The minimum absolute atomic E-state index is 0.00298. The molecule has 2 saturated carbocycles. The zero-order valence-corrected chi connectivity index (χ0v) is 21.6. The first kappa shape index (κ1) is 25.6. The number of hydrogen-bond donors (Lipinski definition) is 2. The summed E-state index contributed by atoms with van der Waals surface area (Å²) in [5.41, 5.74) is 13.3. The molecule has 2 fully saturated rings. The van der Waals surface area contributed by atoms with E-state index < -0.39 is 5.91 Å². The van der Waals surface area contributed by atoms with Gasteiger partial charge in [0.05, 0.1) is 0 Å². The molecule has 1 aromatic carbocycles. The molecule has 0 saturated heterocycles. The van der Waals surface area contributed by atoms with Gasteiger partial charge < -0.3 is 16.4 Å². The Hall–Kier alpha value is -2.04. The molecule has 0 aromatic heterocycles. The van der Waals surface area contributed by atoms with Crippen molar-refractivity contribution in [2.75, 3.05) is 5.73 Å². The van der Waals surface area contributed by atoms with Gasteiger partial charge in [-0.1, -0.05) is 41.5 Å². The zero-order valence-electron chi connectivity index (χ0n) is 21.6. The second-order valence-electron chi connectivity index (χ2n) is 12.7. The SMILES string of the molecule is CC(C)(C)C1CCC(N(C(=O)c2cc(N)cc(C(N)=O)c2)C2CCC(C(C)(C)C)CC2)CC1. The first-order valence-corrected chi connectivity index (χ1v) is 12.8. The molecule has 0 atom stereocenters. The minimum Gasteiger partial charge on any atom is -0.399 e. The summed E-state index contributed by atoms with van der Waals surface area (Å²) in [6.45, 7) is 14.0. The summed E-state index contributed by atoms with van der Waals surface area (Å²) in [6, 6.07) is 5.35. The molecule has 4 N–H and O–H groups in total. The second kappa shape index (κ2) is 9.68. The molecular formula is C28H45N3O2. The predicted octanol–water partition coefficient (Wildman–Crippen LogP) is 6.02. The average molecular weight is 456 g/mol. The molecule has 1 aromatic rings. The molecule has 184 valence electrons. The lowest BCUT2D eigenvalue weighted by atomic mass is 9.69. The number of rotatable bonds is 4. The lowest BCUT2D eigenvalue weighted by Gasteiger charge is -2.47. The summed E-state index contributed by atoms with van der Waals surface area (Å²) in [5.74, 6) is 0.829. The van der Waals surface area contributed by atoms with Crippen LogP contribution in [0.15, 0.2) is 18.2 Å². The summed E-state index contributed by atoms with van der Waals surface area (Å²) < 4.78 is 0. The van der Waals surface area contributed by atoms with E-state index in [0.29, 0.717) is 39.5 Å². The summed E-state index contributed by atoms with van der Waals surface area (Å²) in [5, 5.41) is 0. The van der Waals surface area contributed by atoms with E-state index in [1.165, 1.54) is 0 Å². The molecule has 0 unspecified atom stereocenters. The number of hydrogen-bond acceptors (Lipinski definition) is 3. The number of nitrogens with zero attached hydrogens (tertiary/aromatic N) is 1. The molecular weight excluding hydrogens is 410 g/mol. The van der Waals surface area contributed by atoms with Crippen LogP contribution in [0, 0.1) is 22.7 Å². The lowest BCUT2D eigenvalue weighted by molar-refractivity contribution is 0.0264. The Morgan fingerprint density at radius 3 is 1.48 bits per heavy atom. The van der Waals surface area contributed by atoms with Crippen LogP contribution < -0.4 is 11.5 Å². The largest absolute Gasteiger partial charge is 0.399 e. The fourth-order valence-electron chi connectivity index (χ4n) is 6.14. The van der Waals surface area contributed by atoms with Crippen LogP contribution in [-0.4, -0.2) is 28.8 Å². The maximum Gasteiger partial charge on any atom is 0.254 e. The summed E-state index contributed by atoms with van der Waals surface area (Å²) >= 11 is 0. The fourth-order valence-corrected chi connectivity index (χ4v) is 6.14. The number of amides is 2. The number of nitrogen functional groups attached to an aromatic ring is 1. The van der Waals surface area contributed by atoms with E-state index in [1.807, 2.05) is 0 Å². The maximum absolute atomic E-state index is 13.9. The van der Waals surface area contributed by atoms with Gasteiger partial charge >= 0.3 is 0 Å². The fraction of sp³-hybridized carbons (Fsp3) is 0.714. The first-order valence-electron chi connectivity index (χ1n) is 12.8. The van der Waals surface area contributed by atoms with E-state index in [1.54, 1.807) is 18.2 Å². The van der Waals surface area contributed by atoms with Gasteiger partial charge in [-0.05, 0) is 92.2 Å². The van der Waals surface area contributed by atoms with Crippen molar-refractivity contribution in [2.45, 2.75) is 105 Å². The normalized spacial score (nSPS) is 26.6. The minimum atomic E-state index is -0.556. The van der Waals surface area contributed by atoms with E-state index in [9.17, 15) is 9.59 Å². The zero-order chi connectivity index (χ0) is 24.6. The van der Waals surface area contributed by atoms with Gasteiger partial charge in [0, 0.05) is 28.9 Å². The van der Waals surface area contributed by atoms with Crippen molar-refractivity contribution in [1.82, 2.24) is 4.90 Å². The van der Waals surface area contributed by atoms with Crippen molar-refractivity contribution in [3.05, 3.63) is 29.3 Å². The third-order valence-corrected chi connectivity index (χ3v) is 8.35. The Balaban J connectivity index is 1.87. The number of primary amides is 1. The summed E-state index contributed by atoms with van der Waals surface area (Å²) in [4.78, 5) is 27.9. The maximum atomic E-state index is 13.9. The average Bonchev–Trinajstić information content (AvgIpc) is 2.73. The molecule has 0 radical (unpaired) electrons. The van der Waals surface area contributed by atoms with Crippen molar-refractivity contribution < 1.29 is 9.59 Å². The Labute approximate surface area is 200 Å². The van der Waals surface area contributed by atoms with Crippen LogP contribution in [0.1, 0.15) is 114 Å². The highest BCUT2D eigenvalue weighted by molar-refractivity contribution is 6.00. The van der Waals surface area contributed by atoms with E-state index >= 15 is 0 Å². The van der Waals surface area contributed by atoms with Crippen LogP contribution >= 0.6 is 0 Å². The Bertz CT molecular complexity index is 815. The Morgan fingerprint density at radius 1 is 0.727 bits per heavy atom. The Morgan fingerprint density at radius 2 is 1.12 bits per heavy atom. The molecule has 5 heteroatoms. The number of carbonyl (C=O) groups is 2. The molecule has 0 aliphatic heterocycles. The highest BCUT2D eigenvalue weighted by Crippen LogP contribution is 2.43. The van der Waals surface area contributed by atoms with Crippen molar-refractivity contribution >= 4 is 17.5 Å². The van der Waals surface area contributed by atoms with Crippen molar-refractivity contribution in [3.8, 4) is 0 Å². The monoisotopic (exact) mass is 455 g/mol. The van der Waals surface area contributed by atoms with E-state index in [-0.39, 0.29) is 18.0 Å². The summed E-state index contributed by atoms with van der Waals surface area (Å²) in [6.07, 6.45) is 8.76. The number of benzene rings is 1. The van der Waals surface area contributed by atoms with E-state index in [0.717, 1.165) is 51.4 Å². The van der Waals surface area contributed by atoms with Crippen molar-refractivity contribution in [2.24, 2.45) is 28.4 Å². The van der Waals surface area contributed by atoms with Gasteiger partial charge in [-0.25, -0.2) is 0 Å².